The van der Waals surface area contributed by atoms with E-state index in [4.69, 9.17) is 9.84 Å². The number of amides is 1. The van der Waals surface area contributed by atoms with Crippen molar-refractivity contribution < 1.29 is 14.6 Å². The molecule has 5 heteroatoms. The summed E-state index contributed by atoms with van der Waals surface area (Å²) >= 11 is 3.38. The van der Waals surface area contributed by atoms with Gasteiger partial charge < -0.3 is 15.2 Å². The number of halogens is 1. The van der Waals surface area contributed by atoms with E-state index in [1.165, 1.54) is 0 Å². The molecule has 1 rings (SSSR count). The van der Waals surface area contributed by atoms with Crippen molar-refractivity contribution in [1.29, 1.82) is 0 Å². The second kappa shape index (κ2) is 7.42. The van der Waals surface area contributed by atoms with E-state index < -0.39 is 0 Å². The molecule has 0 bridgehead atoms. The molecule has 0 spiro atoms. The molecule has 1 amide bonds. The summed E-state index contributed by atoms with van der Waals surface area (Å²) in [5.41, 5.74) is 1.65. The van der Waals surface area contributed by atoms with Crippen LogP contribution in [0.1, 0.15) is 15.9 Å². The highest BCUT2D eigenvalue weighted by Gasteiger charge is 2.05. The number of aliphatic hydroxyl groups is 1. The third kappa shape index (κ3) is 4.85. The molecule has 0 aliphatic rings. The van der Waals surface area contributed by atoms with E-state index in [9.17, 15) is 4.79 Å². The fourth-order valence-electron chi connectivity index (χ4n) is 1.29. The van der Waals surface area contributed by atoms with E-state index in [1.807, 2.05) is 19.1 Å². The fourth-order valence-corrected chi connectivity index (χ4v) is 1.54. The predicted molar refractivity (Wildman–Crippen MR) is 69.1 cm³/mol. The number of ether oxygens (including phenoxy) is 1. The average molecular weight is 302 g/mol. The van der Waals surface area contributed by atoms with Crippen LogP contribution in [0, 0.1) is 6.92 Å². The molecule has 4 nitrogen and oxygen atoms in total. The van der Waals surface area contributed by atoms with E-state index in [-0.39, 0.29) is 12.5 Å². The first kappa shape index (κ1) is 14.2. The molecule has 17 heavy (non-hydrogen) atoms. The number of rotatable bonds is 6. The minimum Gasteiger partial charge on any atom is -0.394 e. The Hall–Kier alpha value is -0.910. The molecule has 94 valence electrons. The number of carbonyl (C=O) groups excluding carboxylic acids is 1. The van der Waals surface area contributed by atoms with E-state index in [0.717, 1.165) is 10.0 Å². The predicted octanol–water partition coefficient (Wildman–Crippen LogP) is 1.50. The zero-order valence-electron chi connectivity index (χ0n) is 9.70. The molecule has 0 radical (unpaired) electrons. The number of aliphatic hydroxyl groups excluding tert-OH is 1. The molecule has 2 N–H and O–H groups in total. The number of nitrogens with one attached hydrogen (secondary N) is 1. The van der Waals surface area contributed by atoms with Crippen LogP contribution >= 0.6 is 15.9 Å². The lowest BCUT2D eigenvalue weighted by molar-refractivity contribution is 0.0838. The third-order valence-electron chi connectivity index (χ3n) is 2.19. The molecule has 0 heterocycles. The number of hydrogen-bond donors (Lipinski definition) is 2. The highest BCUT2D eigenvalue weighted by atomic mass is 79.9. The summed E-state index contributed by atoms with van der Waals surface area (Å²) in [6.07, 6.45) is 0. The SMILES string of the molecule is Cc1cc(C(=O)NCCOCCO)ccc1Br. The molecule has 0 aliphatic carbocycles. The summed E-state index contributed by atoms with van der Waals surface area (Å²) in [5, 5.41) is 11.2. The Bertz CT molecular complexity index is 382. The summed E-state index contributed by atoms with van der Waals surface area (Å²) in [7, 11) is 0. The van der Waals surface area contributed by atoms with Crippen LogP contribution in [0.5, 0.6) is 0 Å². The van der Waals surface area contributed by atoms with Gasteiger partial charge in [-0.15, -0.1) is 0 Å². The Balaban J connectivity index is 2.39. The third-order valence-corrected chi connectivity index (χ3v) is 3.08. The lowest BCUT2D eigenvalue weighted by Crippen LogP contribution is -2.27. The number of benzene rings is 1. The van der Waals surface area contributed by atoms with Crippen molar-refractivity contribution in [2.45, 2.75) is 6.92 Å². The van der Waals surface area contributed by atoms with Crippen molar-refractivity contribution >= 4 is 21.8 Å². The van der Waals surface area contributed by atoms with E-state index >= 15 is 0 Å². The van der Waals surface area contributed by atoms with E-state index in [0.29, 0.717) is 25.3 Å². The summed E-state index contributed by atoms with van der Waals surface area (Å²) < 4.78 is 6.03. The maximum absolute atomic E-state index is 11.7. The van der Waals surface area contributed by atoms with Crippen molar-refractivity contribution in [3.63, 3.8) is 0 Å². The Labute approximate surface area is 109 Å². The zero-order chi connectivity index (χ0) is 12.7. The van der Waals surface area contributed by atoms with Crippen LogP contribution in [0.25, 0.3) is 0 Å². The van der Waals surface area contributed by atoms with Crippen LogP contribution in [0.15, 0.2) is 22.7 Å². The number of aryl methyl sites for hydroxylation is 1. The Morgan fingerprint density at radius 3 is 2.88 bits per heavy atom. The normalized spacial score (nSPS) is 10.3. The Kier molecular flexibility index (Phi) is 6.18. The summed E-state index contributed by atoms with van der Waals surface area (Å²) in [6.45, 7) is 3.08. The van der Waals surface area contributed by atoms with E-state index in [1.54, 1.807) is 6.07 Å². The van der Waals surface area contributed by atoms with Gasteiger partial charge in [-0.25, -0.2) is 0 Å². The van der Waals surface area contributed by atoms with Gasteiger partial charge >= 0.3 is 0 Å². The molecule has 0 unspecified atom stereocenters. The molecule has 0 aromatic heterocycles. The van der Waals surface area contributed by atoms with Crippen LogP contribution in [0.2, 0.25) is 0 Å². The van der Waals surface area contributed by atoms with Crippen molar-refractivity contribution in [3.8, 4) is 0 Å². The second-order valence-corrected chi connectivity index (χ2v) is 4.41. The van der Waals surface area contributed by atoms with Gasteiger partial charge in [0.15, 0.2) is 0 Å². The topological polar surface area (TPSA) is 58.6 Å². The molecular weight excluding hydrogens is 286 g/mol. The Morgan fingerprint density at radius 2 is 2.24 bits per heavy atom. The van der Waals surface area contributed by atoms with Crippen LogP contribution in [0.3, 0.4) is 0 Å². The van der Waals surface area contributed by atoms with Crippen LogP contribution in [-0.2, 0) is 4.74 Å². The maximum Gasteiger partial charge on any atom is 0.251 e. The van der Waals surface area contributed by atoms with Crippen LogP contribution < -0.4 is 5.32 Å². The number of carbonyl (C=O) groups is 1. The van der Waals surface area contributed by atoms with Gasteiger partial charge in [0.05, 0.1) is 19.8 Å². The highest BCUT2D eigenvalue weighted by Crippen LogP contribution is 2.16. The standard InChI is InChI=1S/C12H16BrNO3/c1-9-8-10(2-3-11(9)13)12(16)14-4-6-17-7-5-15/h2-3,8,15H,4-7H2,1H3,(H,14,16). The van der Waals surface area contributed by atoms with Gasteiger partial charge in [0, 0.05) is 16.6 Å². The molecular formula is C12H16BrNO3. The van der Waals surface area contributed by atoms with Gasteiger partial charge in [0.25, 0.3) is 5.91 Å². The first-order valence-corrected chi connectivity index (χ1v) is 6.17. The highest BCUT2D eigenvalue weighted by molar-refractivity contribution is 9.10. The van der Waals surface area contributed by atoms with Gasteiger partial charge in [0.2, 0.25) is 0 Å². The van der Waals surface area contributed by atoms with Gasteiger partial charge in [-0.2, -0.15) is 0 Å². The lowest BCUT2D eigenvalue weighted by Gasteiger charge is -2.07. The Morgan fingerprint density at radius 1 is 1.47 bits per heavy atom. The van der Waals surface area contributed by atoms with Crippen molar-refractivity contribution in [2.24, 2.45) is 0 Å². The summed E-state index contributed by atoms with van der Waals surface area (Å²) in [6, 6.07) is 5.45. The molecule has 0 saturated carbocycles. The summed E-state index contributed by atoms with van der Waals surface area (Å²) in [5.74, 6) is -0.117. The molecule has 0 fully saturated rings. The fraction of sp³-hybridized carbons (Fsp3) is 0.417. The first-order valence-electron chi connectivity index (χ1n) is 5.38. The van der Waals surface area contributed by atoms with Gasteiger partial charge in [0.1, 0.15) is 0 Å². The largest absolute Gasteiger partial charge is 0.394 e. The van der Waals surface area contributed by atoms with Gasteiger partial charge in [-0.1, -0.05) is 15.9 Å². The molecule has 1 aromatic carbocycles. The zero-order valence-corrected chi connectivity index (χ0v) is 11.3. The van der Waals surface area contributed by atoms with Crippen LogP contribution in [0.4, 0.5) is 0 Å². The van der Waals surface area contributed by atoms with E-state index in [2.05, 4.69) is 21.2 Å². The van der Waals surface area contributed by atoms with Crippen molar-refractivity contribution in [3.05, 3.63) is 33.8 Å². The number of hydrogen-bond acceptors (Lipinski definition) is 3. The minimum absolute atomic E-state index is 0.000146. The minimum atomic E-state index is -0.117. The maximum atomic E-state index is 11.7. The van der Waals surface area contributed by atoms with Crippen molar-refractivity contribution in [2.75, 3.05) is 26.4 Å². The molecule has 1 aromatic rings. The van der Waals surface area contributed by atoms with Crippen molar-refractivity contribution in [1.82, 2.24) is 5.32 Å². The molecule has 0 aliphatic heterocycles. The smallest absolute Gasteiger partial charge is 0.251 e. The first-order chi connectivity index (χ1) is 8.15. The van der Waals surface area contributed by atoms with Gasteiger partial charge in [-0.05, 0) is 30.7 Å². The molecule has 0 saturated heterocycles. The second-order valence-electron chi connectivity index (χ2n) is 3.56. The monoisotopic (exact) mass is 301 g/mol. The van der Waals surface area contributed by atoms with Gasteiger partial charge in [-0.3, -0.25) is 4.79 Å². The quantitative estimate of drug-likeness (QED) is 0.783. The lowest BCUT2D eigenvalue weighted by atomic mass is 10.1. The molecule has 0 atom stereocenters. The average Bonchev–Trinajstić information content (AvgIpc) is 2.32. The summed E-state index contributed by atoms with van der Waals surface area (Å²) in [4.78, 5) is 11.7. The van der Waals surface area contributed by atoms with Crippen LogP contribution in [-0.4, -0.2) is 37.4 Å².